The molecule has 20 heavy (non-hydrogen) atoms. The number of hydrogen-bond acceptors (Lipinski definition) is 5. The summed E-state index contributed by atoms with van der Waals surface area (Å²) in [7, 11) is 0. The number of nitrogens with two attached hydrogens (primary N) is 1. The molecule has 0 aromatic heterocycles. The van der Waals surface area contributed by atoms with Gasteiger partial charge in [-0.2, -0.15) is 0 Å². The van der Waals surface area contributed by atoms with E-state index in [-0.39, 0.29) is 18.5 Å². The van der Waals surface area contributed by atoms with Gasteiger partial charge in [0.25, 0.3) is 5.91 Å². The smallest absolute Gasteiger partial charge is 0.305 e. The van der Waals surface area contributed by atoms with Crippen LogP contribution in [-0.2, 0) is 14.3 Å². The lowest BCUT2D eigenvalue weighted by molar-refractivity contribution is -0.143. The van der Waals surface area contributed by atoms with Crippen molar-refractivity contribution in [3.8, 4) is 5.75 Å². The minimum absolute atomic E-state index is 0.0805. The van der Waals surface area contributed by atoms with Crippen molar-refractivity contribution in [1.29, 1.82) is 0 Å². The van der Waals surface area contributed by atoms with Gasteiger partial charge < -0.3 is 20.5 Å². The molecular formula is C14H20N2O4. The molecule has 1 amide bonds. The summed E-state index contributed by atoms with van der Waals surface area (Å²) in [6.45, 7) is 2.47. The summed E-state index contributed by atoms with van der Waals surface area (Å²) in [5.74, 6) is 0.0562. The number of rotatable bonds is 8. The van der Waals surface area contributed by atoms with Crippen LogP contribution in [0.3, 0.4) is 0 Å². The molecule has 0 radical (unpaired) electrons. The van der Waals surface area contributed by atoms with Crippen LogP contribution in [0.15, 0.2) is 24.3 Å². The molecule has 0 aliphatic heterocycles. The maximum atomic E-state index is 11.5. The average molecular weight is 280 g/mol. The van der Waals surface area contributed by atoms with Gasteiger partial charge in [0.1, 0.15) is 5.75 Å². The molecule has 0 unspecified atom stereocenters. The Hall–Kier alpha value is -2.24. The Morgan fingerprint density at radius 3 is 2.85 bits per heavy atom. The van der Waals surface area contributed by atoms with Crippen molar-refractivity contribution in [3.63, 3.8) is 0 Å². The van der Waals surface area contributed by atoms with Crippen LogP contribution >= 0.6 is 0 Å². The van der Waals surface area contributed by atoms with E-state index in [4.69, 9.17) is 15.2 Å². The van der Waals surface area contributed by atoms with Crippen molar-refractivity contribution in [2.24, 2.45) is 0 Å². The lowest BCUT2D eigenvalue weighted by Gasteiger charge is -2.07. The van der Waals surface area contributed by atoms with Crippen molar-refractivity contribution in [1.82, 2.24) is 5.32 Å². The fourth-order valence-corrected chi connectivity index (χ4v) is 1.50. The average Bonchev–Trinajstić information content (AvgIpc) is 2.42. The first-order valence-corrected chi connectivity index (χ1v) is 6.52. The third-order valence-corrected chi connectivity index (χ3v) is 2.41. The molecule has 1 aromatic carbocycles. The van der Waals surface area contributed by atoms with Gasteiger partial charge >= 0.3 is 5.97 Å². The molecule has 0 atom stereocenters. The second-order valence-corrected chi connectivity index (χ2v) is 4.12. The number of ether oxygens (including phenoxy) is 2. The summed E-state index contributed by atoms with van der Waals surface area (Å²) in [5.41, 5.74) is 6.17. The summed E-state index contributed by atoms with van der Waals surface area (Å²) in [6, 6.07) is 6.86. The van der Waals surface area contributed by atoms with Crippen LogP contribution in [0.25, 0.3) is 0 Å². The summed E-state index contributed by atoms with van der Waals surface area (Å²) >= 11 is 0. The Bertz CT molecular complexity index is 449. The van der Waals surface area contributed by atoms with E-state index >= 15 is 0 Å². The Labute approximate surface area is 118 Å². The molecule has 1 aromatic rings. The molecule has 3 N–H and O–H groups in total. The number of nitrogens with one attached hydrogen (secondary N) is 1. The molecular weight excluding hydrogens is 260 g/mol. The summed E-state index contributed by atoms with van der Waals surface area (Å²) < 4.78 is 10.1. The van der Waals surface area contributed by atoms with E-state index in [9.17, 15) is 9.59 Å². The first-order valence-electron chi connectivity index (χ1n) is 6.52. The molecule has 0 saturated carbocycles. The Balaban J connectivity index is 2.13. The molecule has 0 fully saturated rings. The third kappa shape index (κ3) is 6.63. The fraction of sp³-hybridized carbons (Fsp3) is 0.429. The fourth-order valence-electron chi connectivity index (χ4n) is 1.50. The van der Waals surface area contributed by atoms with Crippen LogP contribution in [0, 0.1) is 0 Å². The largest absolute Gasteiger partial charge is 0.484 e. The number of amides is 1. The van der Waals surface area contributed by atoms with Gasteiger partial charge in [-0.3, -0.25) is 9.59 Å². The number of anilines is 1. The lowest BCUT2D eigenvalue weighted by Crippen LogP contribution is -2.30. The molecule has 0 bridgehead atoms. The molecule has 0 saturated heterocycles. The molecule has 0 aliphatic rings. The van der Waals surface area contributed by atoms with Crippen LogP contribution in [0.5, 0.6) is 5.75 Å². The summed E-state index contributed by atoms with van der Waals surface area (Å²) in [4.78, 5) is 22.5. The van der Waals surface area contributed by atoms with Gasteiger partial charge in [-0.1, -0.05) is 6.07 Å². The van der Waals surface area contributed by atoms with Gasteiger partial charge in [0.15, 0.2) is 6.61 Å². The molecule has 6 nitrogen and oxygen atoms in total. The zero-order chi connectivity index (χ0) is 14.8. The van der Waals surface area contributed by atoms with Crippen LogP contribution in [0.2, 0.25) is 0 Å². The molecule has 110 valence electrons. The molecule has 0 spiro atoms. The number of carbonyl (C=O) groups excluding carboxylic acids is 2. The minimum atomic E-state index is -0.252. The lowest BCUT2D eigenvalue weighted by atomic mass is 10.3. The topological polar surface area (TPSA) is 90.6 Å². The highest BCUT2D eigenvalue weighted by Gasteiger charge is 2.04. The Morgan fingerprint density at radius 1 is 1.35 bits per heavy atom. The summed E-state index contributed by atoms with van der Waals surface area (Å²) in [6.07, 6.45) is 0.840. The number of hydrogen-bond donors (Lipinski definition) is 2. The monoisotopic (exact) mass is 280 g/mol. The van der Waals surface area contributed by atoms with Crippen molar-refractivity contribution in [3.05, 3.63) is 24.3 Å². The van der Waals surface area contributed by atoms with Crippen LogP contribution in [-0.4, -0.2) is 31.6 Å². The second kappa shape index (κ2) is 8.79. The van der Waals surface area contributed by atoms with E-state index in [0.717, 1.165) is 0 Å². The van der Waals surface area contributed by atoms with E-state index in [1.807, 2.05) is 0 Å². The molecule has 0 aliphatic carbocycles. The zero-order valence-corrected chi connectivity index (χ0v) is 11.6. The highest BCUT2D eigenvalue weighted by Crippen LogP contribution is 2.13. The Kier molecular flexibility index (Phi) is 6.95. The summed E-state index contributed by atoms with van der Waals surface area (Å²) in [5, 5.41) is 2.66. The van der Waals surface area contributed by atoms with Gasteiger partial charge in [0.05, 0.1) is 6.61 Å². The van der Waals surface area contributed by atoms with Crippen LogP contribution < -0.4 is 15.8 Å². The van der Waals surface area contributed by atoms with Crippen LogP contribution in [0.4, 0.5) is 5.69 Å². The predicted molar refractivity (Wildman–Crippen MR) is 75.2 cm³/mol. The normalized spacial score (nSPS) is 9.85. The van der Waals surface area contributed by atoms with E-state index in [1.54, 1.807) is 31.2 Å². The molecule has 6 heteroatoms. The third-order valence-electron chi connectivity index (χ3n) is 2.41. The van der Waals surface area contributed by atoms with E-state index in [2.05, 4.69) is 5.32 Å². The molecule has 0 heterocycles. The predicted octanol–water partition coefficient (Wildman–Crippen LogP) is 1.11. The van der Waals surface area contributed by atoms with Gasteiger partial charge in [-0.15, -0.1) is 0 Å². The standard InChI is InChI=1S/C14H20N2O4/c1-2-19-14(18)7-4-8-16-13(17)10-20-12-6-3-5-11(15)9-12/h3,5-6,9H,2,4,7-8,10,15H2,1H3,(H,16,17). The molecule has 1 rings (SSSR count). The number of carbonyl (C=O) groups is 2. The number of benzene rings is 1. The van der Waals surface area contributed by atoms with Crippen molar-refractivity contribution >= 4 is 17.6 Å². The number of esters is 1. The van der Waals surface area contributed by atoms with E-state index < -0.39 is 0 Å². The first kappa shape index (κ1) is 15.8. The van der Waals surface area contributed by atoms with E-state index in [0.29, 0.717) is 37.4 Å². The second-order valence-electron chi connectivity index (χ2n) is 4.12. The minimum Gasteiger partial charge on any atom is -0.484 e. The van der Waals surface area contributed by atoms with Gasteiger partial charge in [0, 0.05) is 24.7 Å². The maximum Gasteiger partial charge on any atom is 0.305 e. The SMILES string of the molecule is CCOC(=O)CCCNC(=O)COc1cccc(N)c1. The van der Waals surface area contributed by atoms with Gasteiger partial charge in [-0.05, 0) is 25.5 Å². The Morgan fingerprint density at radius 2 is 2.15 bits per heavy atom. The quantitative estimate of drug-likeness (QED) is 0.423. The van der Waals surface area contributed by atoms with Crippen molar-refractivity contribution < 1.29 is 19.1 Å². The maximum absolute atomic E-state index is 11.5. The zero-order valence-electron chi connectivity index (χ0n) is 11.6. The van der Waals surface area contributed by atoms with E-state index in [1.165, 1.54) is 0 Å². The van der Waals surface area contributed by atoms with Gasteiger partial charge in [-0.25, -0.2) is 0 Å². The highest BCUT2D eigenvalue weighted by atomic mass is 16.5. The first-order chi connectivity index (χ1) is 9.61. The van der Waals surface area contributed by atoms with Crippen molar-refractivity contribution in [2.75, 3.05) is 25.5 Å². The number of nitrogen functional groups attached to an aromatic ring is 1. The van der Waals surface area contributed by atoms with Gasteiger partial charge in [0.2, 0.25) is 0 Å². The van der Waals surface area contributed by atoms with Crippen LogP contribution in [0.1, 0.15) is 19.8 Å². The van der Waals surface area contributed by atoms with Crippen molar-refractivity contribution in [2.45, 2.75) is 19.8 Å². The highest BCUT2D eigenvalue weighted by molar-refractivity contribution is 5.77.